The fourth-order valence-electron chi connectivity index (χ4n) is 1.09. The molecule has 0 bridgehead atoms. The summed E-state index contributed by atoms with van der Waals surface area (Å²) in [6.45, 7) is 4.04. The fourth-order valence-corrected chi connectivity index (χ4v) is 1.09. The molecule has 11 heavy (non-hydrogen) atoms. The van der Waals surface area contributed by atoms with E-state index in [1.807, 2.05) is 13.8 Å². The molecule has 0 radical (unpaired) electrons. The molecule has 0 aromatic heterocycles. The van der Waals surface area contributed by atoms with Crippen molar-refractivity contribution in [2.24, 2.45) is 5.92 Å². The van der Waals surface area contributed by atoms with Gasteiger partial charge < -0.3 is 7.96 Å². The minimum Gasteiger partial charge on any atom is -1.00 e. The summed E-state index contributed by atoms with van der Waals surface area (Å²) in [6, 6.07) is 0. The van der Waals surface area contributed by atoms with Gasteiger partial charge in [-0.1, -0.05) is 26.7 Å². The third-order valence-corrected chi connectivity index (χ3v) is 1.62. The van der Waals surface area contributed by atoms with E-state index in [4.69, 9.17) is 5.11 Å². The number of carboxylic acid groups (broad SMARTS) is 1. The molecule has 0 unspecified atom stereocenters. The number of aliphatic carboxylic acids is 1. The van der Waals surface area contributed by atoms with Gasteiger partial charge in [0, 0.05) is 0 Å². The standard InChI is InChI=1S/C8H16O2.Ca.2H/c1-3-5-7(6-4-2)8(9)10;;;/h7H,3-6H2,1-2H3,(H,9,10);;;/q;+2;2*-1. The van der Waals surface area contributed by atoms with Gasteiger partial charge in [0.1, 0.15) is 0 Å². The van der Waals surface area contributed by atoms with Crippen LogP contribution in [0.25, 0.3) is 0 Å². The minimum absolute atomic E-state index is 0. The van der Waals surface area contributed by atoms with Gasteiger partial charge in [0.05, 0.1) is 5.92 Å². The van der Waals surface area contributed by atoms with Crippen molar-refractivity contribution in [3.63, 3.8) is 0 Å². The van der Waals surface area contributed by atoms with Crippen molar-refractivity contribution in [2.45, 2.75) is 39.5 Å². The molecule has 0 atom stereocenters. The Morgan fingerprint density at radius 3 is 1.91 bits per heavy atom. The van der Waals surface area contributed by atoms with E-state index in [2.05, 4.69) is 0 Å². The quantitative estimate of drug-likeness (QED) is 0.668. The van der Waals surface area contributed by atoms with E-state index in [0.29, 0.717) is 0 Å². The van der Waals surface area contributed by atoms with E-state index in [1.54, 1.807) is 0 Å². The number of carboxylic acids is 1. The molecule has 0 heterocycles. The van der Waals surface area contributed by atoms with Gasteiger partial charge in [-0.25, -0.2) is 0 Å². The normalized spacial score (nSPS) is 9.36. The summed E-state index contributed by atoms with van der Waals surface area (Å²) in [6.07, 6.45) is 3.58. The Balaban J connectivity index is -0.000000135. The molecule has 0 aromatic rings. The summed E-state index contributed by atoms with van der Waals surface area (Å²) in [5.41, 5.74) is 0. The molecule has 0 saturated heterocycles. The van der Waals surface area contributed by atoms with Gasteiger partial charge in [0.25, 0.3) is 0 Å². The molecule has 0 rings (SSSR count). The summed E-state index contributed by atoms with van der Waals surface area (Å²) >= 11 is 0. The topological polar surface area (TPSA) is 37.3 Å². The third kappa shape index (κ3) is 7.10. The summed E-state index contributed by atoms with van der Waals surface area (Å²) in [4.78, 5) is 10.5. The molecule has 2 nitrogen and oxygen atoms in total. The molecule has 0 fully saturated rings. The molecule has 1 N–H and O–H groups in total. The van der Waals surface area contributed by atoms with Crippen LogP contribution in [0, 0.1) is 5.92 Å². The second kappa shape index (κ2) is 8.82. The van der Waals surface area contributed by atoms with E-state index < -0.39 is 5.97 Å². The van der Waals surface area contributed by atoms with E-state index in [9.17, 15) is 4.79 Å². The van der Waals surface area contributed by atoms with Crippen molar-refractivity contribution in [1.82, 2.24) is 0 Å². The Kier molecular flexibility index (Phi) is 11.4. The van der Waals surface area contributed by atoms with Crippen molar-refractivity contribution in [1.29, 1.82) is 0 Å². The van der Waals surface area contributed by atoms with Gasteiger partial charge in [-0.05, 0) is 12.8 Å². The van der Waals surface area contributed by atoms with Crippen molar-refractivity contribution < 1.29 is 12.8 Å². The Morgan fingerprint density at radius 2 is 1.73 bits per heavy atom. The predicted molar refractivity (Wildman–Crippen MR) is 48.9 cm³/mol. The predicted octanol–water partition coefficient (Wildman–Crippen LogP) is 2.13. The zero-order chi connectivity index (χ0) is 7.98. The first-order valence-corrected chi connectivity index (χ1v) is 3.95. The molecule has 3 heteroatoms. The average molecular weight is 186 g/mol. The van der Waals surface area contributed by atoms with Crippen LogP contribution in [-0.2, 0) is 4.79 Å². The van der Waals surface area contributed by atoms with Crippen molar-refractivity contribution >= 4 is 43.7 Å². The molecular weight excluding hydrogens is 168 g/mol. The number of rotatable bonds is 5. The fraction of sp³-hybridized carbons (Fsp3) is 0.875. The summed E-state index contributed by atoms with van der Waals surface area (Å²) in [5, 5.41) is 8.64. The molecule has 0 spiro atoms. The molecule has 0 aliphatic heterocycles. The molecule has 0 amide bonds. The monoisotopic (exact) mass is 186 g/mol. The van der Waals surface area contributed by atoms with Gasteiger partial charge in [-0.2, -0.15) is 0 Å². The van der Waals surface area contributed by atoms with Gasteiger partial charge in [0.15, 0.2) is 0 Å². The summed E-state index contributed by atoms with van der Waals surface area (Å²) in [5.74, 6) is -0.737. The van der Waals surface area contributed by atoms with Gasteiger partial charge >= 0.3 is 43.7 Å². The molecule has 0 saturated carbocycles. The van der Waals surface area contributed by atoms with Crippen LogP contribution in [0.1, 0.15) is 42.4 Å². The average Bonchev–Trinajstić information content (AvgIpc) is 1.87. The zero-order valence-electron chi connectivity index (χ0n) is 9.47. The van der Waals surface area contributed by atoms with E-state index in [-0.39, 0.29) is 46.5 Å². The SMILES string of the molecule is CCCC(CCC)C(=O)O.[Ca+2].[H-].[H-]. The summed E-state index contributed by atoms with van der Waals surface area (Å²) in [7, 11) is 0. The Labute approximate surface area is 101 Å². The van der Waals surface area contributed by atoms with E-state index in [0.717, 1.165) is 25.7 Å². The maximum atomic E-state index is 10.5. The Hall–Kier alpha value is 0.730. The summed E-state index contributed by atoms with van der Waals surface area (Å²) < 4.78 is 0. The smallest absolute Gasteiger partial charge is 1.00 e. The van der Waals surface area contributed by atoms with Crippen LogP contribution in [0.2, 0.25) is 0 Å². The van der Waals surface area contributed by atoms with Crippen LogP contribution in [0.4, 0.5) is 0 Å². The first-order valence-electron chi connectivity index (χ1n) is 3.95. The van der Waals surface area contributed by atoms with Crippen LogP contribution in [-0.4, -0.2) is 48.8 Å². The zero-order valence-corrected chi connectivity index (χ0v) is 9.68. The number of carbonyl (C=O) groups is 1. The maximum absolute atomic E-state index is 10.5. The van der Waals surface area contributed by atoms with Crippen LogP contribution < -0.4 is 0 Å². The van der Waals surface area contributed by atoms with Gasteiger partial charge in [0.2, 0.25) is 0 Å². The molecule has 64 valence electrons. The largest absolute Gasteiger partial charge is 2.00 e. The maximum Gasteiger partial charge on any atom is 2.00 e. The molecular formula is C8H18CaO2. The molecule has 0 aliphatic rings. The van der Waals surface area contributed by atoms with Crippen molar-refractivity contribution in [2.75, 3.05) is 0 Å². The molecule has 0 aliphatic carbocycles. The second-order valence-corrected chi connectivity index (χ2v) is 2.61. The Morgan fingerprint density at radius 1 is 1.36 bits per heavy atom. The third-order valence-electron chi connectivity index (χ3n) is 1.62. The Bertz CT molecular complexity index is 106. The number of hydrogen-bond acceptors (Lipinski definition) is 1. The van der Waals surface area contributed by atoms with Crippen LogP contribution in [0.15, 0.2) is 0 Å². The van der Waals surface area contributed by atoms with Gasteiger partial charge in [-0.3, -0.25) is 4.79 Å². The number of hydrogen-bond donors (Lipinski definition) is 1. The van der Waals surface area contributed by atoms with Crippen molar-refractivity contribution in [3.05, 3.63) is 0 Å². The van der Waals surface area contributed by atoms with Crippen LogP contribution >= 0.6 is 0 Å². The molecule has 0 aromatic carbocycles. The van der Waals surface area contributed by atoms with E-state index >= 15 is 0 Å². The first kappa shape index (κ1) is 14.3. The van der Waals surface area contributed by atoms with Gasteiger partial charge in [-0.15, -0.1) is 0 Å². The second-order valence-electron chi connectivity index (χ2n) is 2.61. The first-order chi connectivity index (χ1) is 4.72. The van der Waals surface area contributed by atoms with Crippen molar-refractivity contribution in [3.8, 4) is 0 Å². The minimum atomic E-state index is -0.635. The van der Waals surface area contributed by atoms with E-state index in [1.165, 1.54) is 0 Å². The van der Waals surface area contributed by atoms with Crippen LogP contribution in [0.3, 0.4) is 0 Å². The van der Waals surface area contributed by atoms with Crippen LogP contribution in [0.5, 0.6) is 0 Å².